The fourth-order valence-electron chi connectivity index (χ4n) is 2.72. The summed E-state index contributed by atoms with van der Waals surface area (Å²) in [5.74, 6) is -0.252. The molecule has 1 amide bonds. The summed E-state index contributed by atoms with van der Waals surface area (Å²) in [6.45, 7) is 0.333. The lowest BCUT2D eigenvalue weighted by Crippen LogP contribution is -2.26. The number of halogens is 2. The van der Waals surface area contributed by atoms with E-state index in [1.54, 1.807) is 31.3 Å². The molecule has 0 aromatic heterocycles. The third kappa shape index (κ3) is 5.29. The monoisotopic (exact) mass is 448 g/mol. The van der Waals surface area contributed by atoms with Gasteiger partial charge in [-0.2, -0.15) is 0 Å². The van der Waals surface area contributed by atoms with Crippen molar-refractivity contribution < 1.29 is 13.2 Å². The number of sulfonamides is 1. The van der Waals surface area contributed by atoms with Crippen LogP contribution in [0.4, 0.5) is 5.69 Å². The van der Waals surface area contributed by atoms with Crippen LogP contribution in [0.25, 0.3) is 0 Å². The molecule has 3 aromatic rings. The van der Waals surface area contributed by atoms with Crippen molar-refractivity contribution in [3.8, 4) is 0 Å². The zero-order valence-corrected chi connectivity index (χ0v) is 17.8. The first-order valence-corrected chi connectivity index (χ1v) is 10.9. The maximum atomic E-state index is 12.8. The van der Waals surface area contributed by atoms with E-state index in [9.17, 15) is 13.2 Å². The Hall–Kier alpha value is -2.54. The second-order valence-electron chi connectivity index (χ2n) is 6.39. The number of carbonyl (C=O) groups is 1. The smallest absolute Gasteiger partial charge is 0.261 e. The molecule has 0 heterocycles. The molecule has 0 unspecified atom stereocenters. The minimum atomic E-state index is -3.80. The highest BCUT2D eigenvalue weighted by Crippen LogP contribution is 2.21. The molecule has 0 aliphatic heterocycles. The predicted octanol–water partition coefficient (Wildman–Crippen LogP) is 5.07. The van der Waals surface area contributed by atoms with Gasteiger partial charge >= 0.3 is 0 Å². The molecule has 3 rings (SSSR count). The summed E-state index contributed by atoms with van der Waals surface area (Å²) < 4.78 is 27.6. The summed E-state index contributed by atoms with van der Waals surface area (Å²) in [6, 6.07) is 19.5. The van der Waals surface area contributed by atoms with Crippen LogP contribution in [0.15, 0.2) is 77.7 Å². The predicted molar refractivity (Wildman–Crippen MR) is 116 cm³/mol. The van der Waals surface area contributed by atoms with Gasteiger partial charge in [-0.15, -0.1) is 0 Å². The van der Waals surface area contributed by atoms with Crippen molar-refractivity contribution in [1.29, 1.82) is 0 Å². The van der Waals surface area contributed by atoms with Crippen LogP contribution in [-0.2, 0) is 16.6 Å². The Morgan fingerprint density at radius 2 is 1.66 bits per heavy atom. The normalized spacial score (nSPS) is 11.1. The summed E-state index contributed by atoms with van der Waals surface area (Å²) in [5, 5.41) is 1.02. The highest BCUT2D eigenvalue weighted by atomic mass is 35.5. The van der Waals surface area contributed by atoms with E-state index >= 15 is 0 Å². The number of hydrogen-bond acceptors (Lipinski definition) is 3. The molecular formula is C21H18Cl2N2O3S. The quantitative estimate of drug-likeness (QED) is 0.572. The van der Waals surface area contributed by atoms with Crippen LogP contribution >= 0.6 is 23.2 Å². The zero-order chi connectivity index (χ0) is 21.0. The van der Waals surface area contributed by atoms with Gasteiger partial charge in [0.15, 0.2) is 0 Å². The van der Waals surface area contributed by atoms with Crippen LogP contribution < -0.4 is 4.72 Å². The number of anilines is 1. The molecule has 0 aliphatic rings. The Balaban J connectivity index is 1.77. The summed E-state index contributed by atoms with van der Waals surface area (Å²) in [7, 11) is -2.14. The maximum Gasteiger partial charge on any atom is 0.261 e. The lowest BCUT2D eigenvalue weighted by Gasteiger charge is -2.18. The number of nitrogens with zero attached hydrogens (tertiary/aromatic N) is 1. The van der Waals surface area contributed by atoms with Gasteiger partial charge in [0.25, 0.3) is 15.9 Å². The first-order chi connectivity index (χ1) is 13.8. The van der Waals surface area contributed by atoms with Crippen molar-refractivity contribution in [2.24, 2.45) is 0 Å². The average molecular weight is 449 g/mol. The van der Waals surface area contributed by atoms with Crippen molar-refractivity contribution >= 4 is 44.8 Å². The van der Waals surface area contributed by atoms with Gasteiger partial charge in [-0.3, -0.25) is 9.52 Å². The number of rotatable bonds is 6. The maximum absolute atomic E-state index is 12.8. The van der Waals surface area contributed by atoms with Crippen LogP contribution in [0.1, 0.15) is 15.9 Å². The number of hydrogen-bond donors (Lipinski definition) is 1. The van der Waals surface area contributed by atoms with Gasteiger partial charge in [-0.05, 0) is 54.1 Å². The van der Waals surface area contributed by atoms with Gasteiger partial charge in [-0.25, -0.2) is 8.42 Å². The molecular weight excluding hydrogens is 431 g/mol. The van der Waals surface area contributed by atoms with E-state index in [0.717, 1.165) is 5.56 Å². The standard InChI is InChI=1S/C21H18Cl2N2O3S/c1-25(14-16-5-2-3-8-20(16)23)21(26)15-6-4-7-18(13-15)24-29(27,28)19-11-9-17(22)10-12-19/h2-13,24H,14H2,1H3. The lowest BCUT2D eigenvalue weighted by molar-refractivity contribution is 0.0785. The van der Waals surface area contributed by atoms with E-state index in [1.807, 2.05) is 18.2 Å². The minimum Gasteiger partial charge on any atom is -0.337 e. The second kappa shape index (κ2) is 8.86. The van der Waals surface area contributed by atoms with E-state index in [0.29, 0.717) is 22.2 Å². The fourth-order valence-corrected chi connectivity index (χ4v) is 4.09. The van der Waals surface area contributed by atoms with E-state index in [-0.39, 0.29) is 16.5 Å². The number of amides is 1. The summed E-state index contributed by atoms with van der Waals surface area (Å²) in [4.78, 5) is 14.4. The Morgan fingerprint density at radius 3 is 2.34 bits per heavy atom. The lowest BCUT2D eigenvalue weighted by atomic mass is 10.1. The SMILES string of the molecule is CN(Cc1ccccc1Cl)C(=O)c1cccc(NS(=O)(=O)c2ccc(Cl)cc2)c1. The van der Waals surface area contributed by atoms with Gasteiger partial charge in [-0.1, -0.05) is 47.5 Å². The van der Waals surface area contributed by atoms with Crippen LogP contribution in [0.3, 0.4) is 0 Å². The molecule has 0 bridgehead atoms. The summed E-state index contributed by atoms with van der Waals surface area (Å²) in [5.41, 5.74) is 1.47. The molecule has 0 saturated carbocycles. The van der Waals surface area contributed by atoms with Crippen LogP contribution in [-0.4, -0.2) is 26.3 Å². The molecule has 8 heteroatoms. The highest BCUT2D eigenvalue weighted by Gasteiger charge is 2.17. The van der Waals surface area contributed by atoms with Crippen molar-refractivity contribution in [3.63, 3.8) is 0 Å². The number of nitrogens with one attached hydrogen (secondary N) is 1. The topological polar surface area (TPSA) is 66.5 Å². The number of benzene rings is 3. The molecule has 150 valence electrons. The average Bonchev–Trinajstić information content (AvgIpc) is 2.69. The first kappa shape index (κ1) is 21.2. The van der Waals surface area contributed by atoms with E-state index < -0.39 is 10.0 Å². The third-order valence-corrected chi connectivity index (χ3v) is 6.22. The van der Waals surface area contributed by atoms with Crippen LogP contribution in [0.5, 0.6) is 0 Å². The Kier molecular flexibility index (Phi) is 6.47. The van der Waals surface area contributed by atoms with Crippen molar-refractivity contribution in [2.75, 3.05) is 11.8 Å². The van der Waals surface area contributed by atoms with Crippen molar-refractivity contribution in [2.45, 2.75) is 11.4 Å². The molecule has 0 atom stereocenters. The van der Waals surface area contributed by atoms with Gasteiger partial charge in [0.05, 0.1) is 4.90 Å². The second-order valence-corrected chi connectivity index (χ2v) is 8.92. The van der Waals surface area contributed by atoms with E-state index in [4.69, 9.17) is 23.2 Å². The van der Waals surface area contributed by atoms with Crippen molar-refractivity contribution in [1.82, 2.24) is 4.90 Å². The summed E-state index contributed by atoms with van der Waals surface area (Å²) >= 11 is 12.0. The van der Waals surface area contributed by atoms with E-state index in [1.165, 1.54) is 35.2 Å². The van der Waals surface area contributed by atoms with Crippen molar-refractivity contribution in [3.05, 3.63) is 94.0 Å². The minimum absolute atomic E-state index is 0.0782. The largest absolute Gasteiger partial charge is 0.337 e. The van der Waals surface area contributed by atoms with Gasteiger partial charge in [0.1, 0.15) is 0 Å². The molecule has 29 heavy (non-hydrogen) atoms. The van der Waals surface area contributed by atoms with E-state index in [2.05, 4.69) is 4.72 Å². The number of carbonyl (C=O) groups excluding carboxylic acids is 1. The molecule has 1 N–H and O–H groups in total. The molecule has 0 spiro atoms. The Bertz CT molecular complexity index is 1130. The molecule has 5 nitrogen and oxygen atoms in total. The molecule has 0 fully saturated rings. The van der Waals surface area contributed by atoms with Crippen LogP contribution in [0, 0.1) is 0 Å². The molecule has 0 saturated heterocycles. The summed E-state index contributed by atoms with van der Waals surface area (Å²) in [6.07, 6.45) is 0. The highest BCUT2D eigenvalue weighted by molar-refractivity contribution is 7.92. The van der Waals surface area contributed by atoms with Crippen LogP contribution in [0.2, 0.25) is 10.0 Å². The van der Waals surface area contributed by atoms with Gasteiger partial charge in [0.2, 0.25) is 0 Å². The zero-order valence-electron chi connectivity index (χ0n) is 15.5. The van der Waals surface area contributed by atoms with Gasteiger partial charge in [0, 0.05) is 34.9 Å². The first-order valence-electron chi connectivity index (χ1n) is 8.63. The molecule has 0 radical (unpaired) electrons. The van der Waals surface area contributed by atoms with Gasteiger partial charge < -0.3 is 4.90 Å². The third-order valence-electron chi connectivity index (χ3n) is 4.20. The fraction of sp³-hybridized carbons (Fsp3) is 0.0952. The molecule has 0 aliphatic carbocycles. The molecule has 3 aromatic carbocycles. The Labute approximate surface area is 179 Å². The Morgan fingerprint density at radius 1 is 0.966 bits per heavy atom.